The number of amides is 1. The minimum absolute atomic E-state index is 0.153. The van der Waals surface area contributed by atoms with E-state index in [1.807, 2.05) is 37.5 Å². The quantitative estimate of drug-likeness (QED) is 0.807. The SMILES string of the molecule is Cn1cc(CNC(=O)c2sc3ccccc3c2Cl)cn1. The standard InChI is InChI=1S/C14H12ClN3OS/c1-18-8-9(7-17-18)6-16-14(19)13-12(15)10-4-2-3-5-11(10)20-13/h2-5,7-8H,6H2,1H3,(H,16,19). The second-order valence-electron chi connectivity index (χ2n) is 4.45. The van der Waals surface area contributed by atoms with E-state index in [2.05, 4.69) is 10.4 Å². The number of halogens is 1. The van der Waals surface area contributed by atoms with Crippen LogP contribution >= 0.6 is 22.9 Å². The highest BCUT2D eigenvalue weighted by Crippen LogP contribution is 2.34. The van der Waals surface area contributed by atoms with E-state index in [9.17, 15) is 4.79 Å². The van der Waals surface area contributed by atoms with E-state index in [0.717, 1.165) is 15.6 Å². The number of hydrogen-bond donors (Lipinski definition) is 1. The molecule has 0 saturated carbocycles. The smallest absolute Gasteiger partial charge is 0.263 e. The highest BCUT2D eigenvalue weighted by molar-refractivity contribution is 7.21. The number of thiophene rings is 1. The first-order chi connectivity index (χ1) is 9.65. The lowest BCUT2D eigenvalue weighted by Gasteiger charge is -2.01. The van der Waals surface area contributed by atoms with E-state index >= 15 is 0 Å². The molecule has 0 atom stereocenters. The van der Waals surface area contributed by atoms with Crippen LogP contribution in [0.15, 0.2) is 36.7 Å². The van der Waals surface area contributed by atoms with Crippen LogP contribution < -0.4 is 5.32 Å². The van der Waals surface area contributed by atoms with Crippen LogP contribution in [0.4, 0.5) is 0 Å². The molecule has 1 amide bonds. The highest BCUT2D eigenvalue weighted by atomic mass is 35.5. The molecule has 0 aliphatic carbocycles. The van der Waals surface area contributed by atoms with Crippen LogP contribution in [0.2, 0.25) is 5.02 Å². The summed E-state index contributed by atoms with van der Waals surface area (Å²) in [6.07, 6.45) is 3.60. The number of fused-ring (bicyclic) bond motifs is 1. The van der Waals surface area contributed by atoms with Gasteiger partial charge in [0.05, 0.1) is 11.2 Å². The molecule has 102 valence electrons. The molecule has 2 heterocycles. The lowest BCUT2D eigenvalue weighted by molar-refractivity contribution is 0.0955. The van der Waals surface area contributed by atoms with Gasteiger partial charge in [-0.2, -0.15) is 5.10 Å². The molecule has 0 radical (unpaired) electrons. The van der Waals surface area contributed by atoms with Gasteiger partial charge in [-0.05, 0) is 6.07 Å². The summed E-state index contributed by atoms with van der Waals surface area (Å²) in [5.74, 6) is -0.153. The number of aromatic nitrogens is 2. The summed E-state index contributed by atoms with van der Waals surface area (Å²) in [6, 6.07) is 7.74. The Labute approximate surface area is 125 Å². The second-order valence-corrected chi connectivity index (χ2v) is 5.88. The number of carbonyl (C=O) groups excluding carboxylic acids is 1. The van der Waals surface area contributed by atoms with E-state index < -0.39 is 0 Å². The van der Waals surface area contributed by atoms with Gasteiger partial charge in [0, 0.05) is 35.4 Å². The molecular weight excluding hydrogens is 294 g/mol. The number of carbonyl (C=O) groups is 1. The van der Waals surface area contributed by atoms with Crippen molar-refractivity contribution in [2.24, 2.45) is 7.05 Å². The molecule has 3 rings (SSSR count). The Morgan fingerprint density at radius 1 is 1.45 bits per heavy atom. The third-order valence-corrected chi connectivity index (χ3v) is 4.63. The fourth-order valence-corrected chi connectivity index (χ4v) is 3.42. The topological polar surface area (TPSA) is 46.9 Å². The van der Waals surface area contributed by atoms with Gasteiger partial charge in [0.15, 0.2) is 0 Å². The van der Waals surface area contributed by atoms with Crippen LogP contribution in [0.3, 0.4) is 0 Å². The molecule has 0 fully saturated rings. The maximum absolute atomic E-state index is 12.2. The van der Waals surface area contributed by atoms with E-state index in [1.165, 1.54) is 11.3 Å². The summed E-state index contributed by atoms with van der Waals surface area (Å²) in [6.45, 7) is 0.442. The first-order valence-corrected chi connectivity index (χ1v) is 7.27. The number of nitrogens with zero attached hydrogens (tertiary/aromatic N) is 2. The number of nitrogens with one attached hydrogen (secondary N) is 1. The van der Waals surface area contributed by atoms with Crippen LogP contribution in [0.1, 0.15) is 15.2 Å². The Morgan fingerprint density at radius 3 is 2.95 bits per heavy atom. The van der Waals surface area contributed by atoms with Crippen LogP contribution in [0.5, 0.6) is 0 Å². The van der Waals surface area contributed by atoms with E-state index in [4.69, 9.17) is 11.6 Å². The van der Waals surface area contributed by atoms with E-state index in [-0.39, 0.29) is 5.91 Å². The molecule has 2 aromatic heterocycles. The maximum atomic E-state index is 12.2. The zero-order valence-electron chi connectivity index (χ0n) is 10.8. The molecule has 4 nitrogen and oxygen atoms in total. The fourth-order valence-electron chi connectivity index (χ4n) is 1.99. The van der Waals surface area contributed by atoms with Crippen molar-refractivity contribution in [3.05, 3.63) is 52.1 Å². The van der Waals surface area contributed by atoms with Gasteiger partial charge in [0.1, 0.15) is 4.88 Å². The molecule has 20 heavy (non-hydrogen) atoms. The largest absolute Gasteiger partial charge is 0.347 e. The summed E-state index contributed by atoms with van der Waals surface area (Å²) in [5, 5.41) is 8.37. The predicted molar refractivity (Wildman–Crippen MR) is 81.2 cm³/mol. The van der Waals surface area contributed by atoms with Crippen molar-refractivity contribution in [3.63, 3.8) is 0 Å². The summed E-state index contributed by atoms with van der Waals surface area (Å²) in [4.78, 5) is 12.8. The zero-order chi connectivity index (χ0) is 14.1. The molecule has 3 aromatic rings. The Hall–Kier alpha value is -1.85. The van der Waals surface area contributed by atoms with Gasteiger partial charge in [0.2, 0.25) is 0 Å². The number of aryl methyl sites for hydroxylation is 1. The molecule has 0 spiro atoms. The molecule has 0 aliphatic heterocycles. The van der Waals surface area contributed by atoms with Crippen molar-refractivity contribution in [2.45, 2.75) is 6.54 Å². The van der Waals surface area contributed by atoms with Crippen molar-refractivity contribution in [3.8, 4) is 0 Å². The molecule has 6 heteroatoms. The lowest BCUT2D eigenvalue weighted by Crippen LogP contribution is -2.21. The minimum atomic E-state index is -0.153. The van der Waals surface area contributed by atoms with Gasteiger partial charge in [-0.25, -0.2) is 0 Å². The molecule has 1 aromatic carbocycles. The average molecular weight is 306 g/mol. The number of rotatable bonds is 3. The first-order valence-electron chi connectivity index (χ1n) is 6.08. The Bertz CT molecular complexity index is 778. The van der Waals surface area contributed by atoms with Crippen LogP contribution in [-0.4, -0.2) is 15.7 Å². The molecule has 0 bridgehead atoms. The predicted octanol–water partition coefficient (Wildman–Crippen LogP) is 3.22. The van der Waals surface area contributed by atoms with Crippen LogP contribution in [0, 0.1) is 0 Å². The van der Waals surface area contributed by atoms with Gasteiger partial charge < -0.3 is 5.32 Å². The van der Waals surface area contributed by atoms with Gasteiger partial charge in [-0.15, -0.1) is 11.3 Å². The van der Waals surface area contributed by atoms with Crippen molar-refractivity contribution < 1.29 is 4.79 Å². The highest BCUT2D eigenvalue weighted by Gasteiger charge is 2.16. The van der Waals surface area contributed by atoms with Gasteiger partial charge in [0.25, 0.3) is 5.91 Å². The average Bonchev–Trinajstić information content (AvgIpc) is 3.01. The Balaban J connectivity index is 1.80. The summed E-state index contributed by atoms with van der Waals surface area (Å²) in [7, 11) is 1.84. The van der Waals surface area contributed by atoms with Crippen molar-refractivity contribution in [1.29, 1.82) is 0 Å². The van der Waals surface area contributed by atoms with Gasteiger partial charge in [-0.3, -0.25) is 9.48 Å². The third kappa shape index (κ3) is 2.42. The van der Waals surface area contributed by atoms with E-state index in [0.29, 0.717) is 16.4 Å². The third-order valence-electron chi connectivity index (χ3n) is 2.95. The van der Waals surface area contributed by atoms with Crippen molar-refractivity contribution in [1.82, 2.24) is 15.1 Å². The fraction of sp³-hybridized carbons (Fsp3) is 0.143. The molecule has 0 unspecified atom stereocenters. The lowest BCUT2D eigenvalue weighted by atomic mass is 10.2. The van der Waals surface area contributed by atoms with Gasteiger partial charge >= 0.3 is 0 Å². The normalized spacial score (nSPS) is 10.9. The monoisotopic (exact) mass is 305 g/mol. The zero-order valence-corrected chi connectivity index (χ0v) is 12.3. The van der Waals surface area contributed by atoms with Crippen LogP contribution in [0.25, 0.3) is 10.1 Å². The molecule has 0 saturated heterocycles. The summed E-state index contributed by atoms with van der Waals surface area (Å²) >= 11 is 7.68. The first kappa shape index (κ1) is 13.1. The van der Waals surface area contributed by atoms with E-state index in [1.54, 1.807) is 10.9 Å². The molecular formula is C14H12ClN3OS. The van der Waals surface area contributed by atoms with Crippen molar-refractivity contribution in [2.75, 3.05) is 0 Å². The number of hydrogen-bond acceptors (Lipinski definition) is 3. The Kier molecular flexibility index (Phi) is 3.46. The van der Waals surface area contributed by atoms with Gasteiger partial charge in [-0.1, -0.05) is 29.8 Å². The molecule has 1 N–H and O–H groups in total. The second kappa shape index (κ2) is 5.26. The Morgan fingerprint density at radius 2 is 2.25 bits per heavy atom. The number of benzene rings is 1. The minimum Gasteiger partial charge on any atom is -0.347 e. The summed E-state index contributed by atoms with van der Waals surface area (Å²) in [5.41, 5.74) is 0.957. The van der Waals surface area contributed by atoms with Crippen molar-refractivity contribution >= 4 is 38.9 Å². The molecule has 0 aliphatic rings. The summed E-state index contributed by atoms with van der Waals surface area (Å²) < 4.78 is 2.72. The van der Waals surface area contributed by atoms with Crippen LogP contribution in [-0.2, 0) is 13.6 Å². The maximum Gasteiger partial charge on any atom is 0.263 e.